The molecule has 0 radical (unpaired) electrons. The van der Waals surface area contributed by atoms with Crippen molar-refractivity contribution in [2.45, 2.75) is 18.8 Å². The Morgan fingerprint density at radius 1 is 1.32 bits per heavy atom. The van der Waals surface area contributed by atoms with Gasteiger partial charge < -0.3 is 5.11 Å². The monoisotopic (exact) mass is 335 g/mol. The molecule has 2 aromatic heterocycles. The van der Waals surface area contributed by atoms with Gasteiger partial charge in [-0.1, -0.05) is 23.5 Å². The zero-order chi connectivity index (χ0) is 13.0. The summed E-state index contributed by atoms with van der Waals surface area (Å²) < 4.78 is 2.62. The number of rotatable bonds is 2. The molecule has 0 saturated heterocycles. The molecule has 96 valence electrons. The molecule has 3 aromatic rings. The second kappa shape index (κ2) is 4.05. The molecule has 0 amide bonds. The quantitative estimate of drug-likeness (QED) is 0.774. The van der Waals surface area contributed by atoms with Gasteiger partial charge in [-0.25, -0.2) is 4.98 Å². The first-order valence-corrected chi connectivity index (χ1v) is 7.68. The molecule has 2 heterocycles. The minimum absolute atomic E-state index is 0.233. The molecule has 0 spiro atoms. The van der Waals surface area contributed by atoms with Gasteiger partial charge in [0, 0.05) is 11.5 Å². The highest BCUT2D eigenvalue weighted by molar-refractivity contribution is 9.10. The van der Waals surface area contributed by atoms with Gasteiger partial charge in [-0.05, 0) is 40.9 Å². The van der Waals surface area contributed by atoms with Crippen LogP contribution in [-0.2, 0) is 0 Å². The summed E-state index contributed by atoms with van der Waals surface area (Å²) in [6, 6.07) is 7.21. The van der Waals surface area contributed by atoms with E-state index in [0.29, 0.717) is 5.92 Å². The van der Waals surface area contributed by atoms with Crippen molar-refractivity contribution in [2.24, 2.45) is 0 Å². The van der Waals surface area contributed by atoms with E-state index in [1.54, 1.807) is 23.5 Å². The van der Waals surface area contributed by atoms with Crippen molar-refractivity contribution < 1.29 is 5.11 Å². The zero-order valence-electron chi connectivity index (χ0n) is 9.88. The van der Waals surface area contributed by atoms with Gasteiger partial charge in [-0.15, -0.1) is 0 Å². The first-order chi connectivity index (χ1) is 9.24. The number of nitrogens with zero attached hydrogens (tertiary/aromatic N) is 3. The Balaban J connectivity index is 1.89. The third-order valence-corrected chi connectivity index (χ3v) is 5.03. The maximum absolute atomic E-state index is 9.92. The topological polar surface area (TPSA) is 50.4 Å². The maximum Gasteiger partial charge on any atom is 0.213 e. The molecule has 0 aliphatic heterocycles. The van der Waals surface area contributed by atoms with Crippen LogP contribution in [-0.4, -0.2) is 19.7 Å². The lowest BCUT2D eigenvalue weighted by Crippen LogP contribution is -1.87. The summed E-state index contributed by atoms with van der Waals surface area (Å²) >= 11 is 5.17. The lowest BCUT2D eigenvalue weighted by Gasteiger charge is -2.00. The molecule has 1 fully saturated rings. The Hall–Kier alpha value is -1.40. The number of aromatic hydroxyl groups is 1. The van der Waals surface area contributed by atoms with Crippen LogP contribution in [0.1, 0.15) is 23.8 Å². The van der Waals surface area contributed by atoms with Gasteiger partial charge in [-0.3, -0.25) is 0 Å². The van der Waals surface area contributed by atoms with E-state index < -0.39 is 0 Å². The van der Waals surface area contributed by atoms with Crippen LogP contribution in [0.5, 0.6) is 5.75 Å². The number of fused-ring (bicyclic) bond motifs is 1. The number of para-hydroxylation sites is 1. The second-order valence-electron chi connectivity index (χ2n) is 4.68. The Bertz CT molecular complexity index is 775. The summed E-state index contributed by atoms with van der Waals surface area (Å²) in [4.78, 5) is 5.45. The molecule has 1 aromatic carbocycles. The first kappa shape index (κ1) is 11.4. The number of halogens is 1. The maximum atomic E-state index is 9.92. The van der Waals surface area contributed by atoms with Gasteiger partial charge in [0.1, 0.15) is 21.1 Å². The summed E-state index contributed by atoms with van der Waals surface area (Å²) in [7, 11) is 0. The van der Waals surface area contributed by atoms with Crippen LogP contribution in [0, 0.1) is 0 Å². The fourth-order valence-electron chi connectivity index (χ4n) is 2.08. The third-order valence-electron chi connectivity index (χ3n) is 3.25. The average molecular weight is 336 g/mol. The predicted molar refractivity (Wildman–Crippen MR) is 77.6 cm³/mol. The number of benzene rings is 1. The van der Waals surface area contributed by atoms with Crippen LogP contribution in [0.3, 0.4) is 0 Å². The van der Waals surface area contributed by atoms with Gasteiger partial charge in [0.25, 0.3) is 0 Å². The van der Waals surface area contributed by atoms with Crippen LogP contribution in [0.25, 0.3) is 16.2 Å². The summed E-state index contributed by atoms with van der Waals surface area (Å²) in [6.45, 7) is 0. The SMILES string of the molecule is Oc1ccccc1-c1nc2sc(C3CC3)nn2c1Br. The van der Waals surface area contributed by atoms with Crippen molar-refractivity contribution in [2.75, 3.05) is 0 Å². The number of aromatic nitrogens is 3. The number of phenolic OH excluding ortho intramolecular Hbond substituents is 1. The van der Waals surface area contributed by atoms with Crippen molar-refractivity contribution in [3.8, 4) is 17.0 Å². The summed E-state index contributed by atoms with van der Waals surface area (Å²) in [5.41, 5.74) is 1.46. The largest absolute Gasteiger partial charge is 0.507 e. The third kappa shape index (κ3) is 1.78. The Morgan fingerprint density at radius 3 is 2.79 bits per heavy atom. The smallest absolute Gasteiger partial charge is 0.213 e. The van der Waals surface area contributed by atoms with E-state index in [1.165, 1.54) is 12.8 Å². The van der Waals surface area contributed by atoms with Crippen molar-refractivity contribution >= 4 is 32.2 Å². The van der Waals surface area contributed by atoms with Gasteiger partial charge in [0.05, 0.1) is 0 Å². The molecule has 6 heteroatoms. The van der Waals surface area contributed by atoms with E-state index in [-0.39, 0.29) is 5.75 Å². The highest BCUT2D eigenvalue weighted by Crippen LogP contribution is 2.43. The first-order valence-electron chi connectivity index (χ1n) is 6.07. The van der Waals surface area contributed by atoms with E-state index >= 15 is 0 Å². The van der Waals surface area contributed by atoms with Gasteiger partial charge in [0.2, 0.25) is 4.96 Å². The predicted octanol–water partition coefficient (Wildman–Crippen LogP) is 3.80. The van der Waals surface area contributed by atoms with Crippen LogP contribution >= 0.6 is 27.3 Å². The van der Waals surface area contributed by atoms with E-state index in [0.717, 1.165) is 25.8 Å². The standard InChI is InChI=1S/C13H10BrN3OS/c14-11-10(8-3-1-2-4-9(8)18)15-13-17(11)16-12(19-13)7-5-6-7/h1-4,7,18H,5-6H2. The average Bonchev–Trinajstić information content (AvgIpc) is 3.10. The van der Waals surface area contributed by atoms with Gasteiger partial charge in [0.15, 0.2) is 0 Å². The number of imidazole rings is 1. The molecule has 1 aliphatic rings. The minimum atomic E-state index is 0.233. The molecular formula is C13H10BrN3OS. The zero-order valence-corrected chi connectivity index (χ0v) is 12.3. The molecule has 0 unspecified atom stereocenters. The van der Waals surface area contributed by atoms with Crippen molar-refractivity contribution in [3.05, 3.63) is 33.9 Å². The van der Waals surface area contributed by atoms with Crippen LogP contribution in [0.2, 0.25) is 0 Å². The Kier molecular flexibility index (Phi) is 2.43. The van der Waals surface area contributed by atoms with Crippen molar-refractivity contribution in [1.29, 1.82) is 0 Å². The lowest BCUT2D eigenvalue weighted by atomic mass is 10.1. The van der Waals surface area contributed by atoms with Gasteiger partial charge >= 0.3 is 0 Å². The molecular weight excluding hydrogens is 326 g/mol. The molecule has 0 bridgehead atoms. The molecule has 4 rings (SSSR count). The lowest BCUT2D eigenvalue weighted by molar-refractivity contribution is 0.477. The number of hydrogen-bond donors (Lipinski definition) is 1. The summed E-state index contributed by atoms with van der Waals surface area (Å²) in [5.74, 6) is 0.864. The fourth-order valence-corrected chi connectivity index (χ4v) is 3.81. The summed E-state index contributed by atoms with van der Waals surface area (Å²) in [6.07, 6.45) is 2.47. The highest BCUT2D eigenvalue weighted by atomic mass is 79.9. The normalized spacial score (nSPS) is 15.2. The minimum Gasteiger partial charge on any atom is -0.507 e. The van der Waals surface area contributed by atoms with Crippen molar-refractivity contribution in [1.82, 2.24) is 14.6 Å². The summed E-state index contributed by atoms with van der Waals surface area (Å²) in [5, 5.41) is 15.7. The molecule has 1 N–H and O–H groups in total. The number of phenols is 1. The second-order valence-corrected chi connectivity index (χ2v) is 6.42. The number of hydrogen-bond acceptors (Lipinski definition) is 4. The van der Waals surface area contributed by atoms with Crippen LogP contribution in [0.15, 0.2) is 28.9 Å². The van der Waals surface area contributed by atoms with E-state index in [1.807, 2.05) is 16.6 Å². The van der Waals surface area contributed by atoms with E-state index in [2.05, 4.69) is 26.0 Å². The Morgan fingerprint density at radius 2 is 2.11 bits per heavy atom. The van der Waals surface area contributed by atoms with Gasteiger partial charge in [-0.2, -0.15) is 9.61 Å². The molecule has 0 atom stereocenters. The fraction of sp³-hybridized carbons (Fsp3) is 0.231. The van der Waals surface area contributed by atoms with E-state index in [9.17, 15) is 5.11 Å². The molecule has 1 saturated carbocycles. The molecule has 1 aliphatic carbocycles. The Labute approximate surface area is 121 Å². The highest BCUT2D eigenvalue weighted by Gasteiger charge is 2.29. The van der Waals surface area contributed by atoms with Crippen LogP contribution in [0.4, 0.5) is 0 Å². The van der Waals surface area contributed by atoms with E-state index in [4.69, 9.17) is 0 Å². The van der Waals surface area contributed by atoms with Crippen molar-refractivity contribution in [3.63, 3.8) is 0 Å². The molecule has 4 nitrogen and oxygen atoms in total. The van der Waals surface area contributed by atoms with Crippen LogP contribution < -0.4 is 0 Å². The molecule has 19 heavy (non-hydrogen) atoms.